The third kappa shape index (κ3) is 4.21. The number of hydrogen-bond donors (Lipinski definition) is 3. The Morgan fingerprint density at radius 2 is 2.06 bits per heavy atom. The molecular formula is C24H26N8O3. The number of rotatable bonds is 7. The molecule has 180 valence electrons. The van der Waals surface area contributed by atoms with E-state index in [1.165, 1.54) is 10.8 Å². The Labute approximate surface area is 201 Å². The van der Waals surface area contributed by atoms with Crippen LogP contribution in [0.5, 0.6) is 0 Å². The van der Waals surface area contributed by atoms with E-state index >= 15 is 0 Å². The van der Waals surface area contributed by atoms with Crippen molar-refractivity contribution in [2.24, 2.45) is 0 Å². The molecular weight excluding hydrogens is 448 g/mol. The van der Waals surface area contributed by atoms with Crippen LogP contribution in [-0.4, -0.2) is 56.4 Å². The van der Waals surface area contributed by atoms with Gasteiger partial charge in [0.15, 0.2) is 5.65 Å². The summed E-state index contributed by atoms with van der Waals surface area (Å²) in [6.45, 7) is 1.89. The zero-order valence-electron chi connectivity index (χ0n) is 19.6. The van der Waals surface area contributed by atoms with E-state index < -0.39 is 0 Å². The van der Waals surface area contributed by atoms with Crippen molar-refractivity contribution in [1.82, 2.24) is 29.5 Å². The molecule has 0 aromatic carbocycles. The second-order valence-electron chi connectivity index (χ2n) is 8.38. The fraction of sp³-hybridized carbons (Fsp3) is 0.292. The van der Waals surface area contributed by atoms with Crippen molar-refractivity contribution in [2.75, 3.05) is 24.8 Å². The number of pyridine rings is 2. The van der Waals surface area contributed by atoms with E-state index in [9.17, 15) is 9.59 Å². The summed E-state index contributed by atoms with van der Waals surface area (Å²) in [6, 6.07) is 8.82. The van der Waals surface area contributed by atoms with Crippen molar-refractivity contribution in [3.05, 3.63) is 70.5 Å². The number of aryl methyl sites for hydroxylation is 1. The first kappa shape index (κ1) is 22.5. The van der Waals surface area contributed by atoms with E-state index in [0.717, 1.165) is 18.5 Å². The predicted octanol–water partition coefficient (Wildman–Crippen LogP) is 2.28. The molecule has 0 radical (unpaired) electrons. The van der Waals surface area contributed by atoms with Crippen LogP contribution in [0.15, 0.2) is 53.7 Å². The predicted molar refractivity (Wildman–Crippen MR) is 132 cm³/mol. The van der Waals surface area contributed by atoms with Crippen LogP contribution in [0.25, 0.3) is 11.3 Å². The van der Waals surface area contributed by atoms with Crippen LogP contribution < -0.4 is 21.5 Å². The number of carbonyl (C=O) groups is 1. The topological polar surface area (TPSA) is 127 Å². The van der Waals surface area contributed by atoms with Crippen molar-refractivity contribution in [2.45, 2.75) is 31.9 Å². The van der Waals surface area contributed by atoms with Gasteiger partial charge in [-0.1, -0.05) is 0 Å². The van der Waals surface area contributed by atoms with Crippen molar-refractivity contribution in [3.63, 3.8) is 0 Å². The molecule has 1 aliphatic rings. The minimum atomic E-state index is -0.271. The highest BCUT2D eigenvalue weighted by molar-refractivity contribution is 6.00. The van der Waals surface area contributed by atoms with Gasteiger partial charge in [0, 0.05) is 32.1 Å². The Balaban J connectivity index is 1.48. The average Bonchev–Trinajstić information content (AvgIpc) is 3.27. The van der Waals surface area contributed by atoms with Crippen LogP contribution in [0.4, 0.5) is 17.3 Å². The molecule has 0 aliphatic heterocycles. The molecule has 0 spiro atoms. The Bertz CT molecular complexity index is 1440. The minimum Gasteiger partial charge on any atom is -0.379 e. The molecule has 1 aliphatic carbocycles. The van der Waals surface area contributed by atoms with Crippen LogP contribution in [0.3, 0.4) is 0 Å². The minimum absolute atomic E-state index is 0.0165. The smallest absolute Gasteiger partial charge is 0.278 e. The normalized spacial score (nSPS) is 17.1. The molecule has 5 rings (SSSR count). The van der Waals surface area contributed by atoms with Crippen LogP contribution >= 0.6 is 0 Å². The van der Waals surface area contributed by atoms with Gasteiger partial charge in [0.2, 0.25) is 0 Å². The first-order valence-corrected chi connectivity index (χ1v) is 11.3. The quantitative estimate of drug-likeness (QED) is 0.372. The Morgan fingerprint density at radius 1 is 1.20 bits per heavy atom. The highest BCUT2D eigenvalue weighted by atomic mass is 16.5. The summed E-state index contributed by atoms with van der Waals surface area (Å²) in [4.78, 5) is 35.0. The summed E-state index contributed by atoms with van der Waals surface area (Å²) in [5, 5.41) is 13.5. The van der Waals surface area contributed by atoms with Gasteiger partial charge in [0.1, 0.15) is 22.9 Å². The number of fused-ring (bicyclic) bond motifs is 1. The zero-order chi connectivity index (χ0) is 24.5. The van der Waals surface area contributed by atoms with Gasteiger partial charge in [-0.05, 0) is 44.0 Å². The van der Waals surface area contributed by atoms with E-state index in [4.69, 9.17) is 4.74 Å². The molecule has 0 saturated heterocycles. The summed E-state index contributed by atoms with van der Waals surface area (Å²) in [5.74, 6) is 0.730. The molecule has 2 atom stereocenters. The number of hydrogen-bond acceptors (Lipinski definition) is 8. The number of aromatic nitrogens is 5. The lowest BCUT2D eigenvalue weighted by atomic mass is 9.89. The SMILES string of the molecule is CNc1cc(Nc2cccn(-c3ccc(C)nc3)c2=O)nc2c(C(=O)NC3CC[C@@H]3OC)cnn12. The molecule has 1 saturated carbocycles. The van der Waals surface area contributed by atoms with Gasteiger partial charge >= 0.3 is 0 Å². The largest absolute Gasteiger partial charge is 0.379 e. The van der Waals surface area contributed by atoms with Gasteiger partial charge in [-0.25, -0.2) is 4.98 Å². The first-order valence-electron chi connectivity index (χ1n) is 11.3. The van der Waals surface area contributed by atoms with Gasteiger partial charge < -0.3 is 20.7 Å². The molecule has 35 heavy (non-hydrogen) atoms. The van der Waals surface area contributed by atoms with Gasteiger partial charge in [-0.2, -0.15) is 9.61 Å². The van der Waals surface area contributed by atoms with Crippen LogP contribution in [-0.2, 0) is 4.74 Å². The molecule has 1 fully saturated rings. The molecule has 4 aromatic heterocycles. The number of anilines is 3. The summed E-state index contributed by atoms with van der Waals surface area (Å²) in [5.41, 5.74) is 2.29. The summed E-state index contributed by atoms with van der Waals surface area (Å²) < 4.78 is 8.44. The summed E-state index contributed by atoms with van der Waals surface area (Å²) in [7, 11) is 3.39. The Morgan fingerprint density at radius 3 is 2.74 bits per heavy atom. The third-order valence-corrected chi connectivity index (χ3v) is 6.19. The molecule has 11 nitrogen and oxygen atoms in total. The van der Waals surface area contributed by atoms with Gasteiger partial charge in [0.25, 0.3) is 11.5 Å². The molecule has 1 unspecified atom stereocenters. The number of nitrogens with zero attached hydrogens (tertiary/aromatic N) is 5. The van der Waals surface area contributed by atoms with Gasteiger partial charge in [0.05, 0.1) is 30.2 Å². The monoisotopic (exact) mass is 474 g/mol. The lowest BCUT2D eigenvalue weighted by molar-refractivity contribution is 0.00732. The molecule has 4 heterocycles. The standard InChI is InChI=1S/C24H26N8O3/c1-14-6-7-15(12-26-14)31-10-4-5-18(24(31)34)28-20-11-21(25-2)32-22(30-20)16(13-27-32)23(33)29-17-8-9-19(17)35-3/h4-7,10-13,17,19,25H,8-9H2,1-3H3,(H,28,30)(H,29,33)/t17?,19-/m0/s1. The van der Waals surface area contributed by atoms with Crippen molar-refractivity contribution >= 4 is 28.9 Å². The second kappa shape index (κ2) is 9.18. The van der Waals surface area contributed by atoms with E-state index in [1.807, 2.05) is 19.1 Å². The molecule has 1 amide bonds. The number of amides is 1. The lowest BCUT2D eigenvalue weighted by Crippen LogP contribution is -2.51. The third-order valence-electron chi connectivity index (χ3n) is 6.19. The number of carbonyl (C=O) groups excluding carboxylic acids is 1. The van der Waals surface area contributed by atoms with Crippen molar-refractivity contribution < 1.29 is 9.53 Å². The fourth-order valence-corrected chi connectivity index (χ4v) is 4.06. The number of ether oxygens (including phenoxy) is 1. The maximum Gasteiger partial charge on any atom is 0.278 e. The summed E-state index contributed by atoms with van der Waals surface area (Å²) >= 11 is 0. The van der Waals surface area contributed by atoms with Crippen LogP contribution in [0.2, 0.25) is 0 Å². The van der Waals surface area contributed by atoms with Gasteiger partial charge in [-0.3, -0.25) is 19.1 Å². The van der Waals surface area contributed by atoms with Crippen LogP contribution in [0, 0.1) is 6.92 Å². The van der Waals surface area contributed by atoms with E-state index in [2.05, 4.69) is 31.0 Å². The van der Waals surface area contributed by atoms with E-state index in [1.54, 1.807) is 49.3 Å². The van der Waals surface area contributed by atoms with E-state index in [-0.39, 0.29) is 23.6 Å². The second-order valence-corrected chi connectivity index (χ2v) is 8.38. The van der Waals surface area contributed by atoms with Crippen molar-refractivity contribution in [1.29, 1.82) is 0 Å². The van der Waals surface area contributed by atoms with Crippen LogP contribution in [0.1, 0.15) is 28.9 Å². The maximum absolute atomic E-state index is 13.2. The Hall–Kier alpha value is -4.25. The molecule has 11 heteroatoms. The van der Waals surface area contributed by atoms with Gasteiger partial charge in [-0.15, -0.1) is 0 Å². The maximum atomic E-state index is 13.2. The first-order chi connectivity index (χ1) is 17.0. The molecule has 4 aromatic rings. The fourth-order valence-electron chi connectivity index (χ4n) is 4.06. The average molecular weight is 475 g/mol. The highest BCUT2D eigenvalue weighted by Gasteiger charge is 2.33. The number of methoxy groups -OCH3 is 1. The lowest BCUT2D eigenvalue weighted by Gasteiger charge is -2.35. The summed E-state index contributed by atoms with van der Waals surface area (Å²) in [6.07, 6.45) is 6.62. The number of nitrogens with one attached hydrogen (secondary N) is 3. The highest BCUT2D eigenvalue weighted by Crippen LogP contribution is 2.25. The zero-order valence-corrected chi connectivity index (χ0v) is 19.6. The van der Waals surface area contributed by atoms with Crippen molar-refractivity contribution in [3.8, 4) is 5.69 Å². The van der Waals surface area contributed by atoms with E-state index in [0.29, 0.717) is 34.2 Å². The molecule has 0 bridgehead atoms. The molecule has 3 N–H and O–H groups in total. The Kier molecular flexibility index (Phi) is 5.91.